The number of para-hydroxylation sites is 2. The van der Waals surface area contributed by atoms with E-state index >= 15 is 0 Å². The second kappa shape index (κ2) is 14.9. The molecule has 0 fully saturated rings. The summed E-state index contributed by atoms with van der Waals surface area (Å²) in [5.41, 5.74) is 5.59. The van der Waals surface area contributed by atoms with Crippen LogP contribution in [0.2, 0.25) is 0 Å². The average Bonchev–Trinajstić information content (AvgIpc) is 3.87. The minimum atomic E-state index is -0.411. The molecule has 6 aromatic carbocycles. The van der Waals surface area contributed by atoms with Gasteiger partial charge in [-0.15, -0.1) is 0 Å². The van der Waals surface area contributed by atoms with E-state index in [9.17, 15) is 14.7 Å². The Morgan fingerprint density at radius 3 is 1.33 bits per heavy atom. The van der Waals surface area contributed by atoms with Crippen LogP contribution < -0.4 is 15.4 Å². The number of aromatic hydroxyl groups is 1. The van der Waals surface area contributed by atoms with Gasteiger partial charge in [0.25, 0.3) is 11.8 Å². The molecule has 3 N–H and O–H groups in total. The van der Waals surface area contributed by atoms with Gasteiger partial charge in [-0.05, 0) is 54.6 Å². The quantitative estimate of drug-likeness (QED) is 0.130. The summed E-state index contributed by atoms with van der Waals surface area (Å²) in [6.45, 7) is 0. The number of rotatable bonds is 10. The Morgan fingerprint density at radius 1 is 0.500 bits per heavy atom. The number of ether oxygens (including phenoxy) is 1. The number of nitrogens with one attached hydrogen (secondary N) is 2. The van der Waals surface area contributed by atoms with Crippen molar-refractivity contribution >= 4 is 23.2 Å². The van der Waals surface area contributed by atoms with E-state index in [2.05, 4.69) is 10.6 Å². The minimum absolute atomic E-state index is 0.0897. The molecule has 0 saturated heterocycles. The number of hydrogen-bond acceptors (Lipinski definition) is 6. The van der Waals surface area contributed by atoms with Crippen LogP contribution in [0.1, 0.15) is 20.7 Å². The van der Waals surface area contributed by atoms with Gasteiger partial charge in [0.2, 0.25) is 0 Å². The van der Waals surface area contributed by atoms with E-state index in [1.807, 2.05) is 121 Å². The second-order valence-electron chi connectivity index (χ2n) is 12.3. The highest BCUT2D eigenvalue weighted by Crippen LogP contribution is 2.32. The van der Waals surface area contributed by atoms with Crippen molar-refractivity contribution in [2.75, 3.05) is 10.6 Å². The lowest BCUT2D eigenvalue weighted by molar-refractivity contribution is 0.102. The van der Waals surface area contributed by atoms with Gasteiger partial charge >= 0.3 is 0 Å². The van der Waals surface area contributed by atoms with E-state index < -0.39 is 11.8 Å². The van der Waals surface area contributed by atoms with E-state index in [4.69, 9.17) is 14.9 Å². The summed E-state index contributed by atoms with van der Waals surface area (Å²) >= 11 is 0. The summed E-state index contributed by atoms with van der Waals surface area (Å²) in [6, 6.07) is 49.3. The van der Waals surface area contributed by atoms with Crippen molar-refractivity contribution in [2.45, 2.75) is 0 Å². The highest BCUT2D eigenvalue weighted by Gasteiger charge is 2.22. The number of nitrogens with zero attached hydrogens (tertiary/aromatic N) is 4. The molecular weight excluding hydrogens is 677 g/mol. The smallest absolute Gasteiger partial charge is 0.259 e. The van der Waals surface area contributed by atoms with E-state index in [0.717, 1.165) is 22.5 Å². The molecule has 0 saturated carbocycles. The third kappa shape index (κ3) is 7.34. The zero-order valence-corrected chi connectivity index (χ0v) is 28.7. The lowest BCUT2D eigenvalue weighted by Gasteiger charge is -2.13. The monoisotopic (exact) mass is 708 g/mol. The predicted molar refractivity (Wildman–Crippen MR) is 209 cm³/mol. The third-order valence-electron chi connectivity index (χ3n) is 8.55. The first-order valence-corrected chi connectivity index (χ1v) is 17.1. The van der Waals surface area contributed by atoms with Crippen LogP contribution in [0.3, 0.4) is 0 Å². The molecule has 2 aromatic heterocycles. The first-order chi connectivity index (χ1) is 26.5. The molecular formula is C44H32N6O4. The van der Waals surface area contributed by atoms with Gasteiger partial charge in [-0.25, -0.2) is 9.36 Å². The van der Waals surface area contributed by atoms with Gasteiger partial charge in [-0.2, -0.15) is 10.2 Å². The van der Waals surface area contributed by atoms with Crippen molar-refractivity contribution in [2.24, 2.45) is 0 Å². The van der Waals surface area contributed by atoms with Crippen LogP contribution in [-0.4, -0.2) is 36.5 Å². The Balaban J connectivity index is 1.15. The summed E-state index contributed by atoms with van der Waals surface area (Å²) < 4.78 is 9.50. The number of phenolic OH excluding ortho intramolecular Hbond substituents is 1. The maximum absolute atomic E-state index is 14.1. The summed E-state index contributed by atoms with van der Waals surface area (Å²) in [5, 5.41) is 25.4. The summed E-state index contributed by atoms with van der Waals surface area (Å²) in [5.74, 6) is 0.0444. The van der Waals surface area contributed by atoms with Crippen LogP contribution in [0, 0.1) is 0 Å². The average molecular weight is 709 g/mol. The molecule has 262 valence electrons. The maximum Gasteiger partial charge on any atom is 0.259 e. The fourth-order valence-electron chi connectivity index (χ4n) is 5.97. The molecule has 0 unspecified atom stereocenters. The minimum Gasteiger partial charge on any atom is -0.508 e. The van der Waals surface area contributed by atoms with Gasteiger partial charge in [0.15, 0.2) is 0 Å². The first kappa shape index (κ1) is 33.4. The van der Waals surface area contributed by atoms with Crippen LogP contribution in [0.5, 0.6) is 17.2 Å². The van der Waals surface area contributed by atoms with Gasteiger partial charge in [-0.1, -0.05) is 97.1 Å². The SMILES string of the molecule is O=C(Nc1cc(NC(=O)c2cn(-c3ccccc3)nc2-c2ccccc2)cc(Oc2ccc(O)cc2)c1)c1cn(-c2ccccc2)nc1-c1ccccc1. The lowest BCUT2D eigenvalue weighted by Crippen LogP contribution is -2.15. The number of carbonyl (C=O) groups is 2. The van der Waals surface area contributed by atoms with Crippen molar-refractivity contribution < 1.29 is 19.4 Å². The molecule has 10 nitrogen and oxygen atoms in total. The van der Waals surface area contributed by atoms with Gasteiger partial charge in [-0.3, -0.25) is 9.59 Å². The molecule has 10 heteroatoms. The molecule has 0 aliphatic carbocycles. The predicted octanol–water partition coefficient (Wildman–Crippen LogP) is 9.39. The van der Waals surface area contributed by atoms with Crippen LogP contribution in [-0.2, 0) is 0 Å². The number of amides is 2. The Labute approximate surface area is 310 Å². The zero-order chi connectivity index (χ0) is 36.9. The normalized spacial score (nSPS) is 10.8. The topological polar surface area (TPSA) is 123 Å². The number of phenols is 1. The zero-order valence-electron chi connectivity index (χ0n) is 28.7. The number of hydrogen-bond donors (Lipinski definition) is 3. The Kier molecular flexibility index (Phi) is 9.20. The molecule has 2 heterocycles. The number of carbonyl (C=O) groups excluding carboxylic acids is 2. The Hall–Kier alpha value is -7.72. The van der Waals surface area contributed by atoms with Crippen molar-refractivity contribution in [1.29, 1.82) is 0 Å². The molecule has 54 heavy (non-hydrogen) atoms. The van der Waals surface area contributed by atoms with Gasteiger partial charge < -0.3 is 20.5 Å². The van der Waals surface area contributed by atoms with E-state index in [-0.39, 0.29) is 5.75 Å². The molecule has 0 aliphatic heterocycles. The van der Waals surface area contributed by atoms with E-state index in [0.29, 0.717) is 45.4 Å². The van der Waals surface area contributed by atoms with Crippen molar-refractivity contribution in [3.8, 4) is 51.1 Å². The van der Waals surface area contributed by atoms with Gasteiger partial charge in [0.05, 0.1) is 22.5 Å². The van der Waals surface area contributed by atoms with Gasteiger partial charge in [0.1, 0.15) is 28.6 Å². The molecule has 8 aromatic rings. The molecule has 0 aliphatic rings. The first-order valence-electron chi connectivity index (χ1n) is 17.1. The van der Waals surface area contributed by atoms with Crippen molar-refractivity contribution in [3.05, 3.63) is 187 Å². The van der Waals surface area contributed by atoms with Crippen molar-refractivity contribution in [1.82, 2.24) is 19.6 Å². The highest BCUT2D eigenvalue weighted by atomic mass is 16.5. The Bertz CT molecular complexity index is 2400. The summed E-state index contributed by atoms with van der Waals surface area (Å²) in [7, 11) is 0. The third-order valence-corrected chi connectivity index (χ3v) is 8.55. The number of aromatic nitrogens is 4. The molecule has 0 spiro atoms. The molecule has 0 bridgehead atoms. The standard InChI is InChI=1S/C44H32N6O4/c51-36-21-23-37(24-22-36)54-38-26-32(45-43(52)39-28-49(34-17-9-3-10-18-34)47-41(39)30-13-5-1-6-14-30)25-33(27-38)46-44(53)40-29-50(35-19-11-4-12-20-35)48-42(40)31-15-7-2-8-16-31/h1-29,51H,(H,45,52)(H,46,53). The lowest BCUT2D eigenvalue weighted by atomic mass is 10.1. The second-order valence-corrected chi connectivity index (χ2v) is 12.3. The van der Waals surface area contributed by atoms with Crippen LogP contribution in [0.25, 0.3) is 33.9 Å². The molecule has 8 rings (SSSR count). The van der Waals surface area contributed by atoms with E-state index in [1.54, 1.807) is 52.1 Å². The number of benzene rings is 6. The molecule has 2 amide bonds. The van der Waals surface area contributed by atoms with Crippen molar-refractivity contribution in [3.63, 3.8) is 0 Å². The maximum atomic E-state index is 14.1. The van der Waals surface area contributed by atoms with Crippen LogP contribution >= 0.6 is 0 Å². The number of anilines is 2. The Morgan fingerprint density at radius 2 is 0.907 bits per heavy atom. The molecule has 0 atom stereocenters. The van der Waals surface area contributed by atoms with Crippen LogP contribution in [0.4, 0.5) is 11.4 Å². The van der Waals surface area contributed by atoms with E-state index in [1.165, 1.54) is 12.1 Å². The fraction of sp³-hybridized carbons (Fsp3) is 0. The largest absolute Gasteiger partial charge is 0.508 e. The molecule has 0 radical (unpaired) electrons. The van der Waals surface area contributed by atoms with Gasteiger partial charge in [0, 0.05) is 47.0 Å². The highest BCUT2D eigenvalue weighted by molar-refractivity contribution is 6.10. The fourth-order valence-corrected chi connectivity index (χ4v) is 5.97. The summed E-state index contributed by atoms with van der Waals surface area (Å²) in [4.78, 5) is 28.2. The van der Waals surface area contributed by atoms with Crippen LogP contribution in [0.15, 0.2) is 176 Å². The summed E-state index contributed by atoms with van der Waals surface area (Å²) in [6.07, 6.45) is 3.39.